The topological polar surface area (TPSA) is 238 Å². The second-order valence-electron chi connectivity index (χ2n) is 12.0. The van der Waals surface area contributed by atoms with Gasteiger partial charge in [-0.15, -0.1) is 0 Å². The Bertz CT molecular complexity index is 657. The zero-order valence-corrected chi connectivity index (χ0v) is 31.0. The van der Waals surface area contributed by atoms with Gasteiger partial charge in [-0.2, -0.15) is 0 Å². The fourth-order valence-corrected chi connectivity index (χ4v) is 4.11. The number of carbonyl (C=O) groups is 3. The van der Waals surface area contributed by atoms with Crippen molar-refractivity contribution in [2.75, 3.05) is 0 Å². The number of esters is 2. The lowest BCUT2D eigenvalue weighted by atomic mass is 10.1. The molecule has 0 radical (unpaired) electrons. The normalized spacial score (nSPS) is 14.3. The van der Waals surface area contributed by atoms with Crippen LogP contribution in [0.5, 0.6) is 0 Å². The van der Waals surface area contributed by atoms with E-state index in [-0.39, 0.29) is 12.4 Å². The molecule has 290 valence electrons. The van der Waals surface area contributed by atoms with Gasteiger partial charge in [0, 0.05) is 19.3 Å². The molecule has 0 aliphatic rings. The molecule has 0 rings (SSSR count). The molecule has 0 aromatic carbocycles. The van der Waals surface area contributed by atoms with Crippen LogP contribution >= 0.6 is 0 Å². The average Bonchev–Trinajstić information content (AvgIpc) is 2.92. The number of aliphatic carboxylic acids is 1. The van der Waals surface area contributed by atoms with E-state index in [0.717, 1.165) is 64.2 Å². The molecule has 0 bridgehead atoms. The monoisotopic (exact) mass is 700 g/mol. The summed E-state index contributed by atoms with van der Waals surface area (Å²) < 4.78 is 4.86. The number of carboxylic acid groups (broad SMARTS) is 1. The maximum Gasteiger partial charge on any atom is 0.313 e. The highest BCUT2D eigenvalue weighted by atomic mass is 16.6. The summed E-state index contributed by atoms with van der Waals surface area (Å²) in [6, 6.07) is 0. The first kappa shape index (κ1) is 53.1. The number of carbonyl (C=O) groups excluding carboxylic acids is 2. The maximum absolute atomic E-state index is 11.6. The molecule has 0 spiro atoms. The van der Waals surface area contributed by atoms with Crippen molar-refractivity contribution < 1.29 is 54.9 Å². The molecule has 0 heterocycles. The van der Waals surface area contributed by atoms with Gasteiger partial charge in [0.05, 0.1) is 0 Å². The van der Waals surface area contributed by atoms with E-state index in [0.29, 0.717) is 12.8 Å². The Morgan fingerprint density at radius 1 is 0.438 bits per heavy atom. The highest BCUT2D eigenvalue weighted by Crippen LogP contribution is 2.12. The number of ether oxygens (including phenoxy) is 1. The van der Waals surface area contributed by atoms with Crippen molar-refractivity contribution in [3.8, 4) is 0 Å². The Hall–Kier alpha value is -1.75. The number of carboxylic acids is 1. The van der Waals surface area contributed by atoms with Gasteiger partial charge in [0.15, 0.2) is 0 Å². The van der Waals surface area contributed by atoms with Crippen LogP contribution in [0.2, 0.25) is 0 Å². The third-order valence-corrected chi connectivity index (χ3v) is 6.18. The van der Waals surface area contributed by atoms with Crippen LogP contribution in [-0.2, 0) is 19.1 Å². The molecule has 0 saturated heterocycles. The van der Waals surface area contributed by atoms with Crippen LogP contribution in [0.3, 0.4) is 0 Å². The molecular weight excluding hydrogens is 626 g/mol. The first-order valence-corrected chi connectivity index (χ1v) is 17.8. The minimum absolute atomic E-state index is 0.249. The van der Waals surface area contributed by atoms with E-state index in [2.05, 4.69) is 22.9 Å². The van der Waals surface area contributed by atoms with Gasteiger partial charge in [-0.25, -0.2) is 0 Å². The standard InChI is InChI=1S/C22H40O5.3C4H11NO2/c1-2-3-4-5-6-9-12-15-18-21(25)27-22(26)19-16-13-10-7-8-11-14-17-20(23)24;3*1-3(6)5-4(2)7/h2-19H2,1H3,(H,23,24);3*3-7H,1-2H3. The molecule has 0 aromatic rings. The van der Waals surface area contributed by atoms with Gasteiger partial charge in [-0.3, -0.25) is 30.3 Å². The number of aliphatic hydroxyl groups excluding tert-OH is 6. The quantitative estimate of drug-likeness (QED) is 0.0281. The number of rotatable bonds is 25. The van der Waals surface area contributed by atoms with Crippen LogP contribution in [0.1, 0.15) is 164 Å². The summed E-state index contributed by atoms with van der Waals surface area (Å²) in [5, 5.41) is 66.5. The van der Waals surface area contributed by atoms with Gasteiger partial charge in [-0.1, -0.05) is 84.0 Å². The molecule has 14 heteroatoms. The number of nitrogens with one attached hydrogen (secondary N) is 3. The van der Waals surface area contributed by atoms with Gasteiger partial charge in [0.1, 0.15) is 37.4 Å². The van der Waals surface area contributed by atoms with Gasteiger partial charge in [0.2, 0.25) is 0 Å². The zero-order valence-electron chi connectivity index (χ0n) is 31.0. The molecule has 0 amide bonds. The minimum atomic E-state index is -0.731. The largest absolute Gasteiger partial charge is 0.481 e. The van der Waals surface area contributed by atoms with Crippen LogP contribution < -0.4 is 16.0 Å². The van der Waals surface area contributed by atoms with Gasteiger partial charge in [-0.05, 0) is 60.8 Å². The Labute approximate surface area is 290 Å². The molecule has 0 saturated carbocycles. The van der Waals surface area contributed by atoms with Crippen LogP contribution in [0.25, 0.3) is 0 Å². The zero-order chi connectivity index (χ0) is 37.8. The second kappa shape index (κ2) is 39.7. The van der Waals surface area contributed by atoms with E-state index < -0.39 is 49.3 Å². The summed E-state index contributed by atoms with van der Waals surface area (Å²) in [5.74, 6) is -1.52. The number of hydrogen-bond donors (Lipinski definition) is 10. The molecule has 14 nitrogen and oxygen atoms in total. The van der Waals surface area contributed by atoms with Crippen LogP contribution in [-0.4, -0.2) is 91.0 Å². The maximum atomic E-state index is 11.6. The average molecular weight is 700 g/mol. The minimum Gasteiger partial charge on any atom is -0.481 e. The first-order chi connectivity index (χ1) is 22.4. The Kier molecular flexibility index (Phi) is 43.9. The first-order valence-electron chi connectivity index (χ1n) is 17.8. The van der Waals surface area contributed by atoms with Gasteiger partial charge >= 0.3 is 17.9 Å². The molecular formula is C34H73N3O11. The van der Waals surface area contributed by atoms with E-state index in [1.165, 1.54) is 32.1 Å². The van der Waals surface area contributed by atoms with E-state index in [4.69, 9.17) is 40.5 Å². The number of hydrogen-bond acceptors (Lipinski definition) is 13. The lowest BCUT2D eigenvalue weighted by molar-refractivity contribution is -0.159. The lowest BCUT2D eigenvalue weighted by Gasteiger charge is -2.08. The SMILES string of the molecule is CC(O)NC(C)O.CC(O)NC(C)O.CC(O)NC(C)O.CCCCCCCCCCC(=O)OC(=O)CCCCCCCCCC(=O)O. The summed E-state index contributed by atoms with van der Waals surface area (Å²) in [6.07, 6.45) is 13.0. The fourth-order valence-electron chi connectivity index (χ4n) is 4.11. The van der Waals surface area contributed by atoms with Crippen molar-refractivity contribution in [2.45, 2.75) is 201 Å². The third-order valence-electron chi connectivity index (χ3n) is 6.18. The number of aliphatic hydroxyl groups is 6. The van der Waals surface area contributed by atoms with Crippen molar-refractivity contribution >= 4 is 17.9 Å². The molecule has 6 unspecified atom stereocenters. The highest BCUT2D eigenvalue weighted by Gasteiger charge is 2.10. The van der Waals surface area contributed by atoms with Crippen molar-refractivity contribution in [3.63, 3.8) is 0 Å². The van der Waals surface area contributed by atoms with Crippen LogP contribution in [0, 0.1) is 0 Å². The third kappa shape index (κ3) is 63.0. The van der Waals surface area contributed by atoms with Crippen molar-refractivity contribution in [1.82, 2.24) is 16.0 Å². The fraction of sp³-hybridized carbons (Fsp3) is 0.912. The van der Waals surface area contributed by atoms with E-state index in [9.17, 15) is 14.4 Å². The van der Waals surface area contributed by atoms with Crippen molar-refractivity contribution in [2.24, 2.45) is 0 Å². The predicted molar refractivity (Wildman–Crippen MR) is 187 cm³/mol. The van der Waals surface area contributed by atoms with E-state index in [1.54, 1.807) is 41.5 Å². The summed E-state index contributed by atoms with van der Waals surface area (Å²) in [5.41, 5.74) is 0. The summed E-state index contributed by atoms with van der Waals surface area (Å²) >= 11 is 0. The molecule has 48 heavy (non-hydrogen) atoms. The highest BCUT2D eigenvalue weighted by molar-refractivity contribution is 5.85. The lowest BCUT2D eigenvalue weighted by Crippen LogP contribution is -2.33. The van der Waals surface area contributed by atoms with Crippen molar-refractivity contribution in [1.29, 1.82) is 0 Å². The Morgan fingerprint density at radius 2 is 0.667 bits per heavy atom. The summed E-state index contributed by atoms with van der Waals surface area (Å²) in [7, 11) is 0. The molecule has 6 atom stereocenters. The molecule has 0 aliphatic heterocycles. The summed E-state index contributed by atoms with van der Waals surface area (Å²) in [4.78, 5) is 33.6. The smallest absolute Gasteiger partial charge is 0.313 e. The molecule has 0 aliphatic carbocycles. The number of unbranched alkanes of at least 4 members (excludes halogenated alkanes) is 13. The van der Waals surface area contributed by atoms with Gasteiger partial charge < -0.3 is 40.5 Å². The van der Waals surface area contributed by atoms with Crippen LogP contribution in [0.4, 0.5) is 0 Å². The summed E-state index contributed by atoms with van der Waals surface area (Å²) in [6.45, 7) is 11.5. The van der Waals surface area contributed by atoms with Crippen molar-refractivity contribution in [3.05, 3.63) is 0 Å². The predicted octanol–water partition coefficient (Wildman–Crippen LogP) is 3.94. The van der Waals surface area contributed by atoms with Gasteiger partial charge in [0.25, 0.3) is 0 Å². The Morgan fingerprint density at radius 3 is 0.875 bits per heavy atom. The van der Waals surface area contributed by atoms with E-state index in [1.807, 2.05) is 0 Å². The molecule has 0 fully saturated rings. The van der Waals surface area contributed by atoms with Crippen LogP contribution in [0.15, 0.2) is 0 Å². The molecule has 0 aromatic heterocycles. The Balaban J connectivity index is -0.000000369. The van der Waals surface area contributed by atoms with E-state index >= 15 is 0 Å². The molecule has 10 N–H and O–H groups in total. The second-order valence-corrected chi connectivity index (χ2v) is 12.0.